The number of nitrogens with zero attached hydrogens (tertiary/aromatic N) is 4. The van der Waals surface area contributed by atoms with E-state index in [1.54, 1.807) is 6.20 Å². The second-order valence-corrected chi connectivity index (χ2v) is 7.33. The summed E-state index contributed by atoms with van der Waals surface area (Å²) in [7, 11) is 0. The Labute approximate surface area is 164 Å². The molecule has 0 saturated carbocycles. The lowest BCUT2D eigenvalue weighted by Gasteiger charge is -2.34. The fourth-order valence-electron chi connectivity index (χ4n) is 4.09. The van der Waals surface area contributed by atoms with E-state index in [-0.39, 0.29) is 0 Å². The van der Waals surface area contributed by atoms with Crippen molar-refractivity contribution in [1.82, 2.24) is 15.0 Å². The minimum absolute atomic E-state index is 0.533. The maximum Gasteiger partial charge on any atom is 0.163 e. The summed E-state index contributed by atoms with van der Waals surface area (Å²) >= 11 is 0. The number of rotatable bonds is 3. The first kappa shape index (κ1) is 16.9. The molecule has 0 radical (unpaired) electrons. The molecule has 0 N–H and O–H groups in total. The second kappa shape index (κ2) is 7.39. The molecule has 1 unspecified atom stereocenters. The van der Waals surface area contributed by atoms with E-state index < -0.39 is 0 Å². The maximum absolute atomic E-state index is 5.00. The highest BCUT2D eigenvalue weighted by atomic mass is 15.2. The third-order valence-electron chi connectivity index (χ3n) is 5.49. The lowest BCUT2D eigenvalue weighted by atomic mass is 9.90. The number of aromatic nitrogens is 3. The van der Waals surface area contributed by atoms with Crippen LogP contribution in [0.25, 0.3) is 22.3 Å². The monoisotopic (exact) mass is 366 g/mol. The molecule has 2 aromatic heterocycles. The highest BCUT2D eigenvalue weighted by Gasteiger charge is 2.24. The van der Waals surface area contributed by atoms with E-state index in [0.717, 1.165) is 41.2 Å². The van der Waals surface area contributed by atoms with Crippen LogP contribution in [-0.4, -0.2) is 28.0 Å². The van der Waals surface area contributed by atoms with E-state index in [9.17, 15) is 0 Å². The molecule has 4 aromatic rings. The zero-order valence-electron chi connectivity index (χ0n) is 15.7. The number of para-hydroxylation sites is 1. The van der Waals surface area contributed by atoms with Crippen LogP contribution in [0.2, 0.25) is 0 Å². The van der Waals surface area contributed by atoms with E-state index in [4.69, 9.17) is 9.97 Å². The molecular weight excluding hydrogens is 344 g/mol. The summed E-state index contributed by atoms with van der Waals surface area (Å²) in [5.74, 6) is 2.30. The average molecular weight is 366 g/mol. The molecule has 2 aromatic carbocycles. The zero-order chi connectivity index (χ0) is 18.8. The predicted molar refractivity (Wildman–Crippen MR) is 113 cm³/mol. The molecule has 28 heavy (non-hydrogen) atoms. The molecule has 1 saturated heterocycles. The Morgan fingerprint density at radius 3 is 2.57 bits per heavy atom. The van der Waals surface area contributed by atoms with Gasteiger partial charge in [-0.1, -0.05) is 42.5 Å². The first-order chi connectivity index (χ1) is 13.9. The molecule has 1 aliphatic heterocycles. The van der Waals surface area contributed by atoms with Gasteiger partial charge < -0.3 is 4.90 Å². The molecule has 5 rings (SSSR count). The van der Waals surface area contributed by atoms with Gasteiger partial charge in [0.05, 0.1) is 5.52 Å². The van der Waals surface area contributed by atoms with Crippen molar-refractivity contribution < 1.29 is 0 Å². The fourth-order valence-corrected chi connectivity index (χ4v) is 4.09. The highest BCUT2D eigenvalue weighted by Crippen LogP contribution is 2.33. The third-order valence-corrected chi connectivity index (χ3v) is 5.49. The Kier molecular flexibility index (Phi) is 4.45. The van der Waals surface area contributed by atoms with Gasteiger partial charge in [0.25, 0.3) is 0 Å². The topological polar surface area (TPSA) is 41.9 Å². The van der Waals surface area contributed by atoms with Crippen LogP contribution in [0.3, 0.4) is 0 Å². The van der Waals surface area contributed by atoms with Crippen LogP contribution in [0.4, 0.5) is 5.82 Å². The van der Waals surface area contributed by atoms with Crippen LogP contribution >= 0.6 is 0 Å². The number of benzene rings is 2. The molecule has 0 amide bonds. The van der Waals surface area contributed by atoms with Crippen LogP contribution < -0.4 is 4.90 Å². The smallest absolute Gasteiger partial charge is 0.163 e. The van der Waals surface area contributed by atoms with Crippen LogP contribution in [-0.2, 0) is 0 Å². The van der Waals surface area contributed by atoms with Crippen molar-refractivity contribution in [2.45, 2.75) is 18.8 Å². The minimum Gasteiger partial charge on any atom is -0.355 e. The van der Waals surface area contributed by atoms with Crippen LogP contribution in [0.15, 0.2) is 79.1 Å². The van der Waals surface area contributed by atoms with Crippen molar-refractivity contribution in [2.75, 3.05) is 18.0 Å². The van der Waals surface area contributed by atoms with Crippen molar-refractivity contribution in [3.63, 3.8) is 0 Å². The number of pyridine rings is 1. The van der Waals surface area contributed by atoms with Gasteiger partial charge in [0.2, 0.25) is 0 Å². The Hall–Kier alpha value is -3.27. The molecule has 0 aliphatic carbocycles. The molecule has 138 valence electrons. The van der Waals surface area contributed by atoms with Gasteiger partial charge in [-0.25, -0.2) is 9.97 Å². The summed E-state index contributed by atoms with van der Waals surface area (Å²) < 4.78 is 0. The van der Waals surface area contributed by atoms with Gasteiger partial charge in [-0.2, -0.15) is 0 Å². The van der Waals surface area contributed by atoms with Gasteiger partial charge in [-0.05, 0) is 42.7 Å². The molecule has 1 fully saturated rings. The first-order valence-corrected chi connectivity index (χ1v) is 9.85. The van der Waals surface area contributed by atoms with Crippen molar-refractivity contribution >= 4 is 16.7 Å². The Bertz CT molecular complexity index is 1080. The normalized spacial score (nSPS) is 17.0. The summed E-state index contributed by atoms with van der Waals surface area (Å²) in [6, 6.07) is 23.1. The molecule has 3 heterocycles. The molecule has 4 nitrogen and oxygen atoms in total. The van der Waals surface area contributed by atoms with E-state index in [1.807, 2.05) is 24.4 Å². The Balaban J connectivity index is 1.57. The van der Waals surface area contributed by atoms with Crippen LogP contribution in [0.1, 0.15) is 24.3 Å². The standard InChI is InChI=1S/C24H22N4/c1-2-8-18(9-3-1)20-11-7-15-28(17-20)24-21-12-4-5-13-22(21)26-23(27-24)19-10-6-14-25-16-19/h1-6,8-10,12-14,16,20H,7,11,15,17H2. The SMILES string of the molecule is c1ccc(C2CCCN(c3nc(-c4cccnc4)nc4ccccc34)C2)cc1. The first-order valence-electron chi connectivity index (χ1n) is 9.85. The van der Waals surface area contributed by atoms with Gasteiger partial charge in [0.1, 0.15) is 5.82 Å². The van der Waals surface area contributed by atoms with Crippen LogP contribution in [0.5, 0.6) is 0 Å². The van der Waals surface area contributed by atoms with Crippen molar-refractivity contribution in [3.8, 4) is 11.4 Å². The van der Waals surface area contributed by atoms with Gasteiger partial charge in [-0.3, -0.25) is 4.98 Å². The van der Waals surface area contributed by atoms with Gasteiger partial charge in [0.15, 0.2) is 5.82 Å². The van der Waals surface area contributed by atoms with Crippen molar-refractivity contribution in [1.29, 1.82) is 0 Å². The molecule has 0 bridgehead atoms. The number of anilines is 1. The lowest BCUT2D eigenvalue weighted by Crippen LogP contribution is -2.35. The number of hydrogen-bond acceptors (Lipinski definition) is 4. The second-order valence-electron chi connectivity index (χ2n) is 7.33. The molecular formula is C24H22N4. The number of fused-ring (bicyclic) bond motifs is 1. The molecule has 0 spiro atoms. The molecule has 4 heteroatoms. The number of piperidine rings is 1. The largest absolute Gasteiger partial charge is 0.355 e. The maximum atomic E-state index is 5.00. The van der Waals surface area contributed by atoms with Crippen molar-refractivity contribution in [3.05, 3.63) is 84.7 Å². The predicted octanol–water partition coefficient (Wildman–Crippen LogP) is 5.08. The fraction of sp³-hybridized carbons (Fsp3) is 0.208. The average Bonchev–Trinajstić information content (AvgIpc) is 2.79. The van der Waals surface area contributed by atoms with Gasteiger partial charge in [-0.15, -0.1) is 0 Å². The minimum atomic E-state index is 0.533. The van der Waals surface area contributed by atoms with Gasteiger partial charge >= 0.3 is 0 Å². The summed E-state index contributed by atoms with van der Waals surface area (Å²) in [6.07, 6.45) is 6.00. The van der Waals surface area contributed by atoms with Crippen LogP contribution in [0, 0.1) is 0 Å². The summed E-state index contributed by atoms with van der Waals surface area (Å²) in [4.78, 5) is 16.5. The Morgan fingerprint density at radius 2 is 1.71 bits per heavy atom. The number of hydrogen-bond donors (Lipinski definition) is 0. The van der Waals surface area contributed by atoms with E-state index in [1.165, 1.54) is 18.4 Å². The molecule has 1 aliphatic rings. The summed E-state index contributed by atoms with van der Waals surface area (Å²) in [5, 5.41) is 1.11. The lowest BCUT2D eigenvalue weighted by molar-refractivity contribution is 0.508. The molecule has 1 atom stereocenters. The zero-order valence-corrected chi connectivity index (χ0v) is 15.7. The van der Waals surface area contributed by atoms with E-state index in [2.05, 4.69) is 58.4 Å². The highest BCUT2D eigenvalue weighted by molar-refractivity contribution is 5.91. The summed E-state index contributed by atoms with van der Waals surface area (Å²) in [5.41, 5.74) is 3.34. The Morgan fingerprint density at radius 1 is 0.857 bits per heavy atom. The quantitative estimate of drug-likeness (QED) is 0.507. The van der Waals surface area contributed by atoms with E-state index >= 15 is 0 Å². The van der Waals surface area contributed by atoms with Gasteiger partial charge in [0, 0.05) is 42.4 Å². The van der Waals surface area contributed by atoms with Crippen molar-refractivity contribution in [2.24, 2.45) is 0 Å². The van der Waals surface area contributed by atoms with E-state index in [0.29, 0.717) is 5.92 Å². The summed E-state index contributed by atoms with van der Waals surface area (Å²) in [6.45, 7) is 2.01. The third kappa shape index (κ3) is 3.22.